The van der Waals surface area contributed by atoms with Crippen LogP contribution in [0.3, 0.4) is 0 Å². The van der Waals surface area contributed by atoms with Crippen LogP contribution in [0, 0.1) is 19.7 Å². The first kappa shape index (κ1) is 9.71. The number of rotatable bonds is 1. The first-order valence-electron chi connectivity index (χ1n) is 4.05. The van der Waals surface area contributed by atoms with Gasteiger partial charge in [-0.3, -0.25) is 4.79 Å². The molecule has 0 saturated carbocycles. The number of benzene rings is 1. The zero-order chi connectivity index (χ0) is 10.0. The van der Waals surface area contributed by atoms with Gasteiger partial charge in [0, 0.05) is 12.6 Å². The van der Waals surface area contributed by atoms with Gasteiger partial charge in [0.2, 0.25) is 0 Å². The smallest absolute Gasteiger partial charge is 0.251 e. The lowest BCUT2D eigenvalue weighted by Crippen LogP contribution is -2.18. The van der Waals surface area contributed by atoms with E-state index >= 15 is 0 Å². The molecule has 3 heteroatoms. The molecular weight excluding hydrogens is 169 g/mol. The Morgan fingerprint density at radius 2 is 2.00 bits per heavy atom. The highest BCUT2D eigenvalue weighted by Crippen LogP contribution is 2.14. The predicted molar refractivity (Wildman–Crippen MR) is 49.3 cm³/mol. The zero-order valence-electron chi connectivity index (χ0n) is 7.94. The van der Waals surface area contributed by atoms with Crippen LogP contribution < -0.4 is 5.32 Å². The van der Waals surface area contributed by atoms with E-state index in [9.17, 15) is 9.18 Å². The Balaban J connectivity index is 3.20. The van der Waals surface area contributed by atoms with E-state index in [2.05, 4.69) is 5.32 Å². The molecule has 0 fully saturated rings. The summed E-state index contributed by atoms with van der Waals surface area (Å²) in [6.45, 7) is 3.48. The quantitative estimate of drug-likeness (QED) is 0.703. The van der Waals surface area contributed by atoms with Crippen LogP contribution in [0.1, 0.15) is 21.5 Å². The highest BCUT2D eigenvalue weighted by atomic mass is 19.1. The van der Waals surface area contributed by atoms with Gasteiger partial charge in [0.15, 0.2) is 0 Å². The number of hydrogen-bond acceptors (Lipinski definition) is 1. The molecule has 1 rings (SSSR count). The van der Waals surface area contributed by atoms with E-state index in [0.29, 0.717) is 11.1 Å². The molecule has 0 aromatic heterocycles. The molecule has 1 aromatic carbocycles. The van der Waals surface area contributed by atoms with E-state index in [1.165, 1.54) is 13.1 Å². The molecule has 0 aliphatic rings. The molecule has 70 valence electrons. The van der Waals surface area contributed by atoms with Crippen LogP contribution in [0.4, 0.5) is 4.39 Å². The molecule has 0 bridgehead atoms. The summed E-state index contributed by atoms with van der Waals surface area (Å²) in [7, 11) is 1.52. The number of amides is 1. The average molecular weight is 181 g/mol. The Labute approximate surface area is 76.8 Å². The molecule has 0 heterocycles. The first-order chi connectivity index (χ1) is 6.06. The molecule has 13 heavy (non-hydrogen) atoms. The maximum atomic E-state index is 13.2. The van der Waals surface area contributed by atoms with Crippen LogP contribution >= 0.6 is 0 Å². The van der Waals surface area contributed by atoms with E-state index in [1.54, 1.807) is 19.9 Å². The van der Waals surface area contributed by atoms with E-state index < -0.39 is 0 Å². The monoisotopic (exact) mass is 181 g/mol. The summed E-state index contributed by atoms with van der Waals surface area (Å²) in [4.78, 5) is 11.2. The number of carbonyl (C=O) groups excluding carboxylic acids is 1. The van der Waals surface area contributed by atoms with Crippen molar-refractivity contribution in [1.82, 2.24) is 5.32 Å². The van der Waals surface area contributed by atoms with Gasteiger partial charge in [0.25, 0.3) is 5.91 Å². The van der Waals surface area contributed by atoms with Crippen LogP contribution in [-0.4, -0.2) is 13.0 Å². The van der Waals surface area contributed by atoms with Gasteiger partial charge in [-0.2, -0.15) is 0 Å². The third-order valence-corrected chi connectivity index (χ3v) is 2.09. The highest BCUT2D eigenvalue weighted by Gasteiger charge is 2.08. The molecule has 0 radical (unpaired) electrons. The Hall–Kier alpha value is -1.38. The minimum absolute atomic E-state index is 0.262. The van der Waals surface area contributed by atoms with Gasteiger partial charge < -0.3 is 5.32 Å². The van der Waals surface area contributed by atoms with Crippen molar-refractivity contribution in [2.24, 2.45) is 0 Å². The second-order valence-electron chi connectivity index (χ2n) is 2.98. The lowest BCUT2D eigenvalue weighted by molar-refractivity contribution is 0.0962. The number of hydrogen-bond donors (Lipinski definition) is 1. The zero-order valence-corrected chi connectivity index (χ0v) is 7.94. The van der Waals surface area contributed by atoms with Crippen molar-refractivity contribution >= 4 is 5.91 Å². The Kier molecular flexibility index (Phi) is 2.66. The van der Waals surface area contributed by atoms with Crippen LogP contribution in [0.2, 0.25) is 0 Å². The van der Waals surface area contributed by atoms with Crippen molar-refractivity contribution in [2.75, 3.05) is 7.05 Å². The molecule has 0 atom stereocenters. The van der Waals surface area contributed by atoms with Crippen LogP contribution in [0.5, 0.6) is 0 Å². The first-order valence-corrected chi connectivity index (χ1v) is 4.05. The van der Waals surface area contributed by atoms with Crippen LogP contribution in [0.15, 0.2) is 12.1 Å². The van der Waals surface area contributed by atoms with Gasteiger partial charge in [0.1, 0.15) is 5.82 Å². The number of halogens is 1. The summed E-state index contributed by atoms with van der Waals surface area (Å²) in [5, 5.41) is 2.45. The summed E-state index contributed by atoms with van der Waals surface area (Å²) < 4.78 is 13.2. The topological polar surface area (TPSA) is 29.1 Å². The molecule has 0 saturated heterocycles. The van der Waals surface area contributed by atoms with Crippen LogP contribution in [0.25, 0.3) is 0 Å². The molecule has 2 nitrogen and oxygen atoms in total. The van der Waals surface area contributed by atoms with Crippen LogP contribution in [-0.2, 0) is 0 Å². The largest absolute Gasteiger partial charge is 0.355 e. The summed E-state index contributed by atoms with van der Waals surface area (Å²) in [6.07, 6.45) is 0. The molecule has 0 aliphatic heterocycles. The van der Waals surface area contributed by atoms with E-state index in [0.717, 1.165) is 5.56 Å². The van der Waals surface area contributed by atoms with Gasteiger partial charge >= 0.3 is 0 Å². The van der Waals surface area contributed by atoms with E-state index in [4.69, 9.17) is 0 Å². The second-order valence-corrected chi connectivity index (χ2v) is 2.98. The number of aryl methyl sites for hydroxylation is 1. The fraction of sp³-hybridized carbons (Fsp3) is 0.300. The fourth-order valence-corrected chi connectivity index (χ4v) is 1.09. The summed E-state index contributed by atoms with van der Waals surface area (Å²) in [6, 6.07) is 2.93. The van der Waals surface area contributed by atoms with Crippen molar-refractivity contribution in [3.05, 3.63) is 34.6 Å². The number of nitrogens with one attached hydrogen (secondary N) is 1. The summed E-state index contributed by atoms with van der Waals surface area (Å²) in [5.74, 6) is -0.597. The third-order valence-electron chi connectivity index (χ3n) is 2.09. The molecule has 0 aliphatic carbocycles. The van der Waals surface area contributed by atoms with E-state index in [1.807, 2.05) is 0 Å². The standard InChI is InChI=1S/C10H12FNO/c1-6-4-8(10(13)12-3)5-9(11)7(6)2/h4-5H,1-3H3,(H,12,13). The summed E-state index contributed by atoms with van der Waals surface area (Å²) >= 11 is 0. The Morgan fingerprint density at radius 3 is 2.46 bits per heavy atom. The fourth-order valence-electron chi connectivity index (χ4n) is 1.09. The lowest BCUT2D eigenvalue weighted by atomic mass is 10.1. The van der Waals surface area contributed by atoms with E-state index in [-0.39, 0.29) is 11.7 Å². The molecule has 1 aromatic rings. The van der Waals surface area contributed by atoms with Gasteiger partial charge in [-0.15, -0.1) is 0 Å². The van der Waals surface area contributed by atoms with Gasteiger partial charge in [0.05, 0.1) is 0 Å². The molecular formula is C10H12FNO. The molecule has 0 unspecified atom stereocenters. The SMILES string of the molecule is CNC(=O)c1cc(C)c(C)c(F)c1. The van der Waals surface area contributed by atoms with Gasteiger partial charge in [-0.05, 0) is 37.1 Å². The van der Waals surface area contributed by atoms with Crippen molar-refractivity contribution < 1.29 is 9.18 Å². The van der Waals surface area contributed by atoms with Crippen molar-refractivity contribution in [2.45, 2.75) is 13.8 Å². The minimum Gasteiger partial charge on any atom is -0.355 e. The Bertz CT molecular complexity index is 324. The number of carbonyl (C=O) groups is 1. The van der Waals surface area contributed by atoms with Crippen molar-refractivity contribution in [3.8, 4) is 0 Å². The van der Waals surface area contributed by atoms with Crippen molar-refractivity contribution in [1.29, 1.82) is 0 Å². The minimum atomic E-state index is -0.335. The van der Waals surface area contributed by atoms with Gasteiger partial charge in [-0.1, -0.05) is 0 Å². The highest BCUT2D eigenvalue weighted by molar-refractivity contribution is 5.94. The molecule has 0 spiro atoms. The summed E-state index contributed by atoms with van der Waals surface area (Å²) in [5.41, 5.74) is 1.74. The van der Waals surface area contributed by atoms with Gasteiger partial charge in [-0.25, -0.2) is 4.39 Å². The maximum absolute atomic E-state index is 13.2. The molecule has 1 N–H and O–H groups in total. The average Bonchev–Trinajstić information content (AvgIpc) is 2.12. The second kappa shape index (κ2) is 3.56. The van der Waals surface area contributed by atoms with Crippen molar-refractivity contribution in [3.63, 3.8) is 0 Å². The maximum Gasteiger partial charge on any atom is 0.251 e. The predicted octanol–water partition coefficient (Wildman–Crippen LogP) is 1.80. The normalized spacial score (nSPS) is 9.85. The third kappa shape index (κ3) is 1.86. The lowest BCUT2D eigenvalue weighted by Gasteiger charge is -2.05. The molecule has 1 amide bonds. The Morgan fingerprint density at radius 1 is 1.38 bits per heavy atom.